The average molecular weight is 581 g/mol. The third kappa shape index (κ3) is 7.86. The number of aromatic nitrogens is 2. The van der Waals surface area contributed by atoms with Crippen LogP contribution in [0.25, 0.3) is 0 Å². The standard InChI is InChI=1S/C25H27Cl2F5N4O2/c1-13(36-37)22(35-18(11-26)8-15-6-7-16(24(28)29)9-20(15)27)23-21(12-33-14(2)34-23)38-19-5-3-4-17(10-19)25(30,31)32/h3-7,10,12-13,18,20,22,24,35-37H,8-9,11H2,1-2H3/t13-,18+,20?,22?/m0/s1. The summed E-state index contributed by atoms with van der Waals surface area (Å²) in [5.41, 5.74) is 2.20. The van der Waals surface area contributed by atoms with E-state index in [0.717, 1.165) is 12.1 Å². The van der Waals surface area contributed by atoms with Gasteiger partial charge in [-0.25, -0.2) is 24.2 Å². The highest BCUT2D eigenvalue weighted by atomic mass is 35.5. The maximum Gasteiger partial charge on any atom is 0.416 e. The fourth-order valence-electron chi connectivity index (χ4n) is 3.95. The van der Waals surface area contributed by atoms with Gasteiger partial charge >= 0.3 is 6.18 Å². The van der Waals surface area contributed by atoms with Crippen molar-refractivity contribution in [3.63, 3.8) is 0 Å². The number of halogens is 7. The number of allylic oxidation sites excluding steroid dienone is 3. The van der Waals surface area contributed by atoms with Gasteiger partial charge in [0.2, 0.25) is 0 Å². The van der Waals surface area contributed by atoms with E-state index in [1.165, 1.54) is 24.4 Å². The first-order valence-electron chi connectivity index (χ1n) is 11.6. The molecule has 0 saturated carbocycles. The summed E-state index contributed by atoms with van der Waals surface area (Å²) in [6, 6.07) is 2.51. The summed E-state index contributed by atoms with van der Waals surface area (Å²) in [5, 5.41) is 12.4. The number of nitrogens with one attached hydrogen (secondary N) is 2. The number of benzene rings is 1. The largest absolute Gasteiger partial charge is 0.454 e. The lowest BCUT2D eigenvalue weighted by Crippen LogP contribution is -2.45. The molecular formula is C25H27Cl2F5N4O2. The van der Waals surface area contributed by atoms with Gasteiger partial charge in [0.05, 0.1) is 29.2 Å². The van der Waals surface area contributed by atoms with E-state index in [0.29, 0.717) is 17.8 Å². The zero-order valence-electron chi connectivity index (χ0n) is 20.4. The Kier molecular flexibility index (Phi) is 10.5. The Morgan fingerprint density at radius 3 is 2.58 bits per heavy atom. The quantitative estimate of drug-likeness (QED) is 0.155. The van der Waals surface area contributed by atoms with Gasteiger partial charge < -0.3 is 15.3 Å². The van der Waals surface area contributed by atoms with Crippen LogP contribution in [0.1, 0.15) is 42.9 Å². The van der Waals surface area contributed by atoms with Crippen LogP contribution < -0.4 is 15.5 Å². The second kappa shape index (κ2) is 13.2. The van der Waals surface area contributed by atoms with E-state index >= 15 is 0 Å². The van der Waals surface area contributed by atoms with Crippen molar-refractivity contribution in [1.82, 2.24) is 20.8 Å². The third-order valence-electron chi connectivity index (χ3n) is 5.98. The molecule has 3 rings (SSSR count). The van der Waals surface area contributed by atoms with Crippen LogP contribution >= 0.6 is 23.2 Å². The van der Waals surface area contributed by atoms with Crippen LogP contribution in [0.15, 0.2) is 53.8 Å². The maximum absolute atomic E-state index is 13.2. The van der Waals surface area contributed by atoms with Crippen molar-refractivity contribution in [3.8, 4) is 11.5 Å². The highest BCUT2D eigenvalue weighted by molar-refractivity contribution is 6.22. The van der Waals surface area contributed by atoms with E-state index in [9.17, 15) is 27.2 Å². The molecule has 0 spiro atoms. The summed E-state index contributed by atoms with van der Waals surface area (Å²) < 4.78 is 71.4. The van der Waals surface area contributed by atoms with Crippen molar-refractivity contribution in [2.45, 2.75) is 62.8 Å². The van der Waals surface area contributed by atoms with Crippen LogP contribution in [0, 0.1) is 6.92 Å². The van der Waals surface area contributed by atoms with E-state index in [1.54, 1.807) is 19.9 Å². The molecule has 3 N–H and O–H groups in total. The Bertz CT molecular complexity index is 1160. The molecule has 6 nitrogen and oxygen atoms in total. The van der Waals surface area contributed by atoms with E-state index in [4.69, 9.17) is 27.9 Å². The molecule has 0 bridgehead atoms. The molecule has 0 radical (unpaired) electrons. The first kappa shape index (κ1) is 30.2. The van der Waals surface area contributed by atoms with Gasteiger partial charge in [0, 0.05) is 11.9 Å². The smallest absolute Gasteiger partial charge is 0.416 e. The lowest BCUT2D eigenvalue weighted by molar-refractivity contribution is -0.137. The Hall–Kier alpha value is -2.31. The minimum absolute atomic E-state index is 0.0121. The Balaban J connectivity index is 1.91. The van der Waals surface area contributed by atoms with Crippen molar-refractivity contribution in [3.05, 3.63) is 70.8 Å². The molecule has 1 aliphatic rings. The van der Waals surface area contributed by atoms with Crippen LogP contribution in [-0.4, -0.2) is 44.9 Å². The average Bonchev–Trinajstić information content (AvgIpc) is 2.87. The maximum atomic E-state index is 13.2. The van der Waals surface area contributed by atoms with Crippen molar-refractivity contribution < 1.29 is 31.9 Å². The summed E-state index contributed by atoms with van der Waals surface area (Å²) in [6.07, 6.45) is -2.57. The summed E-state index contributed by atoms with van der Waals surface area (Å²) in [5.74, 6) is 0.440. The molecule has 4 atom stereocenters. The van der Waals surface area contributed by atoms with Crippen LogP contribution in [-0.2, 0) is 6.18 Å². The van der Waals surface area contributed by atoms with Crippen molar-refractivity contribution in [2.75, 3.05) is 5.88 Å². The summed E-state index contributed by atoms with van der Waals surface area (Å²) in [7, 11) is 0. The molecule has 2 unspecified atom stereocenters. The highest BCUT2D eigenvalue weighted by Gasteiger charge is 2.32. The monoisotopic (exact) mass is 580 g/mol. The van der Waals surface area contributed by atoms with Gasteiger partial charge in [0.15, 0.2) is 5.75 Å². The predicted octanol–water partition coefficient (Wildman–Crippen LogP) is 6.72. The van der Waals surface area contributed by atoms with Crippen molar-refractivity contribution >= 4 is 23.2 Å². The number of hydrogen-bond acceptors (Lipinski definition) is 6. The van der Waals surface area contributed by atoms with Gasteiger partial charge in [-0.2, -0.15) is 13.2 Å². The van der Waals surface area contributed by atoms with Gasteiger partial charge in [-0.05, 0) is 50.5 Å². The van der Waals surface area contributed by atoms with E-state index in [2.05, 4.69) is 20.8 Å². The third-order valence-corrected chi connectivity index (χ3v) is 6.79. The van der Waals surface area contributed by atoms with E-state index in [-0.39, 0.29) is 35.1 Å². The molecule has 0 fully saturated rings. The molecule has 2 aromatic rings. The van der Waals surface area contributed by atoms with Gasteiger partial charge in [-0.15, -0.1) is 23.2 Å². The summed E-state index contributed by atoms with van der Waals surface area (Å²) >= 11 is 12.6. The fraction of sp³-hybridized carbons (Fsp3) is 0.440. The lowest BCUT2D eigenvalue weighted by atomic mass is 9.93. The number of ether oxygens (including phenoxy) is 1. The normalized spacial score (nSPS) is 18.6. The van der Waals surface area contributed by atoms with Crippen LogP contribution in [0.3, 0.4) is 0 Å². The van der Waals surface area contributed by atoms with Crippen molar-refractivity contribution in [2.24, 2.45) is 0 Å². The zero-order chi connectivity index (χ0) is 28.0. The Morgan fingerprint density at radius 2 is 1.97 bits per heavy atom. The van der Waals surface area contributed by atoms with E-state index < -0.39 is 41.7 Å². The molecule has 1 aromatic heterocycles. The number of aryl methyl sites for hydroxylation is 1. The zero-order valence-corrected chi connectivity index (χ0v) is 22.0. The number of nitrogens with zero attached hydrogens (tertiary/aromatic N) is 2. The molecule has 1 aromatic carbocycles. The van der Waals surface area contributed by atoms with Crippen LogP contribution in [0.2, 0.25) is 0 Å². The topological polar surface area (TPSA) is 79.3 Å². The number of alkyl halides is 7. The molecule has 0 amide bonds. The van der Waals surface area contributed by atoms with Gasteiger partial charge in [-0.3, -0.25) is 0 Å². The SMILES string of the molecule is Cc1ncc(Oc2cccc(C(F)(F)F)c2)c(C(N[C@@H](CCl)CC2=CC=C(C(F)F)CC2Cl)[C@H](C)NO)n1. The van der Waals surface area contributed by atoms with Crippen molar-refractivity contribution in [1.29, 1.82) is 0 Å². The van der Waals surface area contributed by atoms with Gasteiger partial charge in [0.25, 0.3) is 6.43 Å². The van der Waals surface area contributed by atoms with E-state index in [1.807, 2.05) is 0 Å². The van der Waals surface area contributed by atoms with Gasteiger partial charge in [0.1, 0.15) is 17.3 Å². The number of hydroxylamine groups is 1. The minimum Gasteiger partial charge on any atom is -0.454 e. The highest BCUT2D eigenvalue weighted by Crippen LogP contribution is 2.35. The molecule has 0 aliphatic heterocycles. The first-order valence-corrected chi connectivity index (χ1v) is 12.6. The second-order valence-corrected chi connectivity index (χ2v) is 9.70. The molecule has 1 aliphatic carbocycles. The van der Waals surface area contributed by atoms with Crippen LogP contribution in [0.4, 0.5) is 22.0 Å². The minimum atomic E-state index is -4.56. The number of hydrogen-bond donors (Lipinski definition) is 3. The summed E-state index contributed by atoms with van der Waals surface area (Å²) in [6.45, 7) is 3.28. The second-order valence-electron chi connectivity index (χ2n) is 8.87. The predicted molar refractivity (Wildman–Crippen MR) is 134 cm³/mol. The van der Waals surface area contributed by atoms with Crippen LogP contribution in [0.5, 0.6) is 11.5 Å². The summed E-state index contributed by atoms with van der Waals surface area (Å²) in [4.78, 5) is 8.55. The Morgan fingerprint density at radius 1 is 1.24 bits per heavy atom. The molecule has 38 heavy (non-hydrogen) atoms. The lowest BCUT2D eigenvalue weighted by Gasteiger charge is -2.31. The molecule has 0 saturated heterocycles. The van der Waals surface area contributed by atoms with Gasteiger partial charge in [-0.1, -0.05) is 23.8 Å². The fourth-order valence-corrected chi connectivity index (χ4v) is 4.49. The molecule has 1 heterocycles. The Labute approximate surface area is 226 Å². The molecule has 208 valence electrons. The molecule has 13 heteroatoms. The number of rotatable bonds is 11. The molecular weight excluding hydrogens is 554 g/mol. The first-order chi connectivity index (χ1) is 17.9.